The van der Waals surface area contributed by atoms with Crippen LogP contribution in [0.1, 0.15) is 13.8 Å². The van der Waals surface area contributed by atoms with Gasteiger partial charge in [0.1, 0.15) is 30.3 Å². The predicted octanol–water partition coefficient (Wildman–Crippen LogP) is 1.35. The molecule has 0 spiro atoms. The molecule has 0 saturated carbocycles. The van der Waals surface area contributed by atoms with Crippen molar-refractivity contribution in [3.05, 3.63) is 30.1 Å². The number of benzene rings is 1. The van der Waals surface area contributed by atoms with Gasteiger partial charge in [0, 0.05) is 6.54 Å². The first-order valence-electron chi connectivity index (χ1n) is 6.81. The molecule has 6 heteroatoms. The van der Waals surface area contributed by atoms with Crippen LogP contribution >= 0.6 is 0 Å². The molecule has 21 heavy (non-hydrogen) atoms. The third-order valence-corrected chi connectivity index (χ3v) is 2.95. The van der Waals surface area contributed by atoms with Gasteiger partial charge in [0.25, 0.3) is 0 Å². The van der Waals surface area contributed by atoms with Crippen LogP contribution in [0.5, 0.6) is 5.75 Å². The molecule has 2 unspecified atom stereocenters. The van der Waals surface area contributed by atoms with Crippen LogP contribution < -0.4 is 10.1 Å². The summed E-state index contributed by atoms with van der Waals surface area (Å²) in [5, 5.41) is 12.8. The number of hydrogen-bond acceptors (Lipinski definition) is 5. The van der Waals surface area contributed by atoms with E-state index in [1.165, 1.54) is 31.4 Å². The van der Waals surface area contributed by atoms with Gasteiger partial charge in [0.15, 0.2) is 0 Å². The van der Waals surface area contributed by atoms with Crippen molar-refractivity contribution in [2.45, 2.75) is 26.0 Å². The Morgan fingerprint density at radius 2 is 1.95 bits per heavy atom. The van der Waals surface area contributed by atoms with Crippen LogP contribution in [0.4, 0.5) is 4.39 Å². The molecule has 0 aliphatic rings. The minimum Gasteiger partial charge on any atom is -0.491 e. The fourth-order valence-electron chi connectivity index (χ4n) is 1.76. The number of methoxy groups -OCH3 is 1. The molecule has 0 aliphatic carbocycles. The van der Waals surface area contributed by atoms with Crippen molar-refractivity contribution >= 4 is 5.97 Å². The first kappa shape index (κ1) is 17.4. The van der Waals surface area contributed by atoms with Gasteiger partial charge in [0.05, 0.1) is 7.11 Å². The molecule has 1 aromatic carbocycles. The molecule has 5 nitrogen and oxygen atoms in total. The molecule has 0 amide bonds. The Bertz CT molecular complexity index is 436. The zero-order valence-electron chi connectivity index (χ0n) is 12.5. The molecule has 1 aromatic rings. The fourth-order valence-corrected chi connectivity index (χ4v) is 1.76. The lowest BCUT2D eigenvalue weighted by atomic mass is 10.0. The van der Waals surface area contributed by atoms with Crippen LogP contribution in [0.2, 0.25) is 0 Å². The highest BCUT2D eigenvalue weighted by atomic mass is 19.1. The summed E-state index contributed by atoms with van der Waals surface area (Å²) in [5.41, 5.74) is 0. The molecule has 118 valence electrons. The van der Waals surface area contributed by atoms with Gasteiger partial charge in [-0.2, -0.15) is 0 Å². The van der Waals surface area contributed by atoms with Crippen molar-refractivity contribution in [1.82, 2.24) is 5.32 Å². The largest absolute Gasteiger partial charge is 0.491 e. The molecule has 0 fully saturated rings. The third kappa shape index (κ3) is 6.10. The van der Waals surface area contributed by atoms with Crippen molar-refractivity contribution in [1.29, 1.82) is 0 Å². The van der Waals surface area contributed by atoms with Crippen molar-refractivity contribution in [3.63, 3.8) is 0 Å². The third-order valence-electron chi connectivity index (χ3n) is 2.95. The Morgan fingerprint density at radius 3 is 2.48 bits per heavy atom. The summed E-state index contributed by atoms with van der Waals surface area (Å²) < 4.78 is 22.7. The highest BCUT2D eigenvalue weighted by Crippen LogP contribution is 2.11. The minimum absolute atomic E-state index is 0.0441. The molecule has 1 rings (SSSR count). The number of carbonyl (C=O) groups is 1. The maximum absolute atomic E-state index is 12.7. The summed E-state index contributed by atoms with van der Waals surface area (Å²) in [5.74, 6) is -0.189. The first-order valence-corrected chi connectivity index (χ1v) is 6.81. The van der Waals surface area contributed by atoms with Gasteiger partial charge < -0.3 is 19.9 Å². The molecule has 0 heterocycles. The number of carbonyl (C=O) groups excluding carboxylic acids is 1. The number of halogens is 1. The van der Waals surface area contributed by atoms with E-state index in [9.17, 15) is 14.3 Å². The monoisotopic (exact) mass is 299 g/mol. The zero-order chi connectivity index (χ0) is 15.8. The summed E-state index contributed by atoms with van der Waals surface area (Å²) in [4.78, 5) is 11.5. The summed E-state index contributed by atoms with van der Waals surface area (Å²) >= 11 is 0. The van der Waals surface area contributed by atoms with Gasteiger partial charge in [-0.3, -0.25) is 4.79 Å². The topological polar surface area (TPSA) is 67.8 Å². The molecular formula is C15H22FNO4. The predicted molar refractivity (Wildman–Crippen MR) is 76.5 cm³/mol. The fraction of sp³-hybridized carbons (Fsp3) is 0.533. The zero-order valence-corrected chi connectivity index (χ0v) is 12.5. The summed E-state index contributed by atoms with van der Waals surface area (Å²) in [6.07, 6.45) is -0.791. The summed E-state index contributed by atoms with van der Waals surface area (Å²) in [6.45, 7) is 4.01. The molecule has 2 atom stereocenters. The second kappa shape index (κ2) is 8.59. The van der Waals surface area contributed by atoms with Crippen LogP contribution in [0.25, 0.3) is 0 Å². The maximum Gasteiger partial charge on any atom is 0.323 e. The SMILES string of the molecule is COC(=O)C(NCC(O)COc1ccc(F)cc1)C(C)C. The summed E-state index contributed by atoms with van der Waals surface area (Å²) in [6, 6.07) is 5.06. The van der Waals surface area contributed by atoms with E-state index in [-0.39, 0.29) is 30.9 Å². The van der Waals surface area contributed by atoms with Crippen molar-refractivity contribution in [2.24, 2.45) is 5.92 Å². The average Bonchev–Trinajstić information content (AvgIpc) is 2.46. The van der Waals surface area contributed by atoms with E-state index in [1.807, 2.05) is 13.8 Å². The van der Waals surface area contributed by atoms with Crippen LogP contribution in [-0.4, -0.2) is 43.5 Å². The van der Waals surface area contributed by atoms with E-state index in [1.54, 1.807) is 0 Å². The number of rotatable bonds is 8. The molecule has 2 N–H and O–H groups in total. The number of ether oxygens (including phenoxy) is 2. The molecule has 0 radical (unpaired) electrons. The Balaban J connectivity index is 2.37. The van der Waals surface area contributed by atoms with Crippen molar-refractivity contribution < 1.29 is 23.8 Å². The molecular weight excluding hydrogens is 277 g/mol. The van der Waals surface area contributed by atoms with Crippen LogP contribution in [0.3, 0.4) is 0 Å². The van der Waals surface area contributed by atoms with Gasteiger partial charge in [-0.15, -0.1) is 0 Å². The molecule has 0 saturated heterocycles. The Kier molecular flexibility index (Phi) is 7.11. The number of hydrogen-bond donors (Lipinski definition) is 2. The Morgan fingerprint density at radius 1 is 1.33 bits per heavy atom. The van der Waals surface area contributed by atoms with Crippen molar-refractivity contribution in [2.75, 3.05) is 20.3 Å². The van der Waals surface area contributed by atoms with Crippen LogP contribution in [0.15, 0.2) is 24.3 Å². The van der Waals surface area contributed by atoms with Crippen LogP contribution in [-0.2, 0) is 9.53 Å². The number of aliphatic hydroxyl groups excluding tert-OH is 1. The lowest BCUT2D eigenvalue weighted by Gasteiger charge is -2.21. The van der Waals surface area contributed by atoms with E-state index in [2.05, 4.69) is 5.32 Å². The van der Waals surface area contributed by atoms with E-state index < -0.39 is 12.1 Å². The number of esters is 1. The lowest BCUT2D eigenvalue weighted by Crippen LogP contribution is -2.45. The van der Waals surface area contributed by atoms with E-state index >= 15 is 0 Å². The minimum atomic E-state index is -0.791. The van der Waals surface area contributed by atoms with Gasteiger partial charge in [-0.05, 0) is 30.2 Å². The Labute approximate surface area is 124 Å². The molecule has 0 aromatic heterocycles. The second-order valence-corrected chi connectivity index (χ2v) is 5.07. The molecule has 0 bridgehead atoms. The normalized spacial score (nSPS) is 13.8. The maximum atomic E-state index is 12.7. The standard InChI is InChI=1S/C15H22FNO4/c1-10(2)14(15(19)20-3)17-8-12(18)9-21-13-6-4-11(16)5-7-13/h4-7,10,12,14,17-18H,8-9H2,1-3H3. The molecule has 0 aliphatic heterocycles. The average molecular weight is 299 g/mol. The second-order valence-electron chi connectivity index (χ2n) is 5.07. The van der Waals surface area contributed by atoms with Gasteiger partial charge >= 0.3 is 5.97 Å². The van der Waals surface area contributed by atoms with Gasteiger partial charge in [-0.1, -0.05) is 13.8 Å². The van der Waals surface area contributed by atoms with E-state index in [0.717, 1.165) is 0 Å². The van der Waals surface area contributed by atoms with Gasteiger partial charge in [0.2, 0.25) is 0 Å². The van der Waals surface area contributed by atoms with E-state index in [4.69, 9.17) is 9.47 Å². The highest BCUT2D eigenvalue weighted by Gasteiger charge is 2.23. The Hall–Kier alpha value is -1.66. The number of aliphatic hydroxyl groups is 1. The van der Waals surface area contributed by atoms with E-state index in [0.29, 0.717) is 5.75 Å². The smallest absolute Gasteiger partial charge is 0.323 e. The van der Waals surface area contributed by atoms with Crippen LogP contribution in [0, 0.1) is 11.7 Å². The quantitative estimate of drug-likeness (QED) is 0.709. The van der Waals surface area contributed by atoms with Gasteiger partial charge in [-0.25, -0.2) is 4.39 Å². The highest BCUT2D eigenvalue weighted by molar-refractivity contribution is 5.75. The van der Waals surface area contributed by atoms with Crippen molar-refractivity contribution in [3.8, 4) is 5.75 Å². The lowest BCUT2D eigenvalue weighted by molar-refractivity contribution is -0.144. The summed E-state index contributed by atoms with van der Waals surface area (Å²) in [7, 11) is 1.33. The number of nitrogens with one attached hydrogen (secondary N) is 1. The first-order chi connectivity index (χ1) is 9.93.